The van der Waals surface area contributed by atoms with Crippen LogP contribution in [0.5, 0.6) is 0 Å². The van der Waals surface area contributed by atoms with Crippen molar-refractivity contribution >= 4 is 11.9 Å². The third-order valence-corrected chi connectivity index (χ3v) is 4.97. The molecular weight excluding hydrogens is 342 g/mol. The Morgan fingerprint density at radius 1 is 1.33 bits per heavy atom. The first-order valence-electron chi connectivity index (χ1n) is 10.2. The molecule has 1 N–H and O–H groups in total. The summed E-state index contributed by atoms with van der Waals surface area (Å²) >= 11 is 0. The number of amides is 1. The Hall–Kier alpha value is -1.80. The van der Waals surface area contributed by atoms with Crippen molar-refractivity contribution in [2.24, 2.45) is 5.92 Å². The van der Waals surface area contributed by atoms with Crippen molar-refractivity contribution in [1.82, 2.24) is 4.90 Å². The van der Waals surface area contributed by atoms with Crippen molar-refractivity contribution in [3.8, 4) is 11.8 Å². The summed E-state index contributed by atoms with van der Waals surface area (Å²) in [6.45, 7) is 4.74. The second-order valence-corrected chi connectivity index (χ2v) is 7.20. The molecule has 1 amide bonds. The molecule has 0 aromatic heterocycles. The molecule has 1 rings (SSSR count). The SMILES string of the molecule is CCC#CCC(C)C(O)/C=C/[C@H]1CCC(=O)N1CCCCCCC(=O)OC. The normalized spacial score (nSPS) is 19.0. The summed E-state index contributed by atoms with van der Waals surface area (Å²) in [6, 6.07) is 0.0798. The number of carbonyl (C=O) groups excluding carboxylic acids is 2. The molecule has 1 aliphatic rings. The number of methoxy groups -OCH3 is 1. The van der Waals surface area contributed by atoms with Crippen LogP contribution in [0.1, 0.15) is 71.6 Å². The van der Waals surface area contributed by atoms with Crippen molar-refractivity contribution in [2.75, 3.05) is 13.7 Å². The van der Waals surface area contributed by atoms with Gasteiger partial charge in [0.1, 0.15) is 0 Å². The van der Waals surface area contributed by atoms with E-state index in [9.17, 15) is 14.7 Å². The Labute approximate surface area is 164 Å². The van der Waals surface area contributed by atoms with Crippen LogP contribution in [0.2, 0.25) is 0 Å². The van der Waals surface area contributed by atoms with Crippen molar-refractivity contribution in [3.05, 3.63) is 12.2 Å². The summed E-state index contributed by atoms with van der Waals surface area (Å²) in [6.07, 6.45) is 10.4. The molecule has 3 atom stereocenters. The smallest absolute Gasteiger partial charge is 0.305 e. The van der Waals surface area contributed by atoms with Gasteiger partial charge in [0.25, 0.3) is 0 Å². The maximum Gasteiger partial charge on any atom is 0.305 e. The fraction of sp³-hybridized carbons (Fsp3) is 0.727. The van der Waals surface area contributed by atoms with E-state index in [0.29, 0.717) is 19.3 Å². The van der Waals surface area contributed by atoms with Gasteiger partial charge in [-0.3, -0.25) is 9.59 Å². The average molecular weight is 378 g/mol. The Balaban J connectivity index is 2.37. The van der Waals surface area contributed by atoms with E-state index in [0.717, 1.165) is 45.1 Å². The van der Waals surface area contributed by atoms with Crippen LogP contribution >= 0.6 is 0 Å². The van der Waals surface area contributed by atoms with Gasteiger partial charge in [-0.15, -0.1) is 11.8 Å². The maximum atomic E-state index is 12.1. The lowest BCUT2D eigenvalue weighted by Gasteiger charge is -2.23. The van der Waals surface area contributed by atoms with E-state index < -0.39 is 6.10 Å². The standard InChI is InChI=1S/C22H35NO4/c1-4-5-8-11-18(2)20(24)15-13-19-14-16-21(25)23(19)17-10-7-6-9-12-22(26)27-3/h13,15,18-20,24H,4,6-7,9-12,14,16-17H2,1-3H3/b15-13+/t18?,19-,20?/m0/s1. The lowest BCUT2D eigenvalue weighted by atomic mass is 10.00. The minimum atomic E-state index is -0.535. The molecule has 0 bridgehead atoms. The molecule has 1 heterocycles. The zero-order valence-corrected chi connectivity index (χ0v) is 17.1. The van der Waals surface area contributed by atoms with Crippen LogP contribution in [0, 0.1) is 17.8 Å². The van der Waals surface area contributed by atoms with Gasteiger partial charge in [0.2, 0.25) is 5.91 Å². The van der Waals surface area contributed by atoms with Gasteiger partial charge in [-0.05, 0) is 25.2 Å². The summed E-state index contributed by atoms with van der Waals surface area (Å²) < 4.78 is 4.63. The van der Waals surface area contributed by atoms with Crippen LogP contribution in [0.15, 0.2) is 12.2 Å². The number of esters is 1. The van der Waals surface area contributed by atoms with Crippen LogP contribution in [0.25, 0.3) is 0 Å². The Morgan fingerprint density at radius 2 is 2.07 bits per heavy atom. The third-order valence-electron chi connectivity index (χ3n) is 4.97. The predicted octanol–water partition coefficient (Wildman–Crippen LogP) is 3.46. The molecule has 1 saturated heterocycles. The van der Waals surface area contributed by atoms with Gasteiger partial charge < -0.3 is 14.7 Å². The van der Waals surface area contributed by atoms with Gasteiger partial charge >= 0.3 is 5.97 Å². The molecule has 0 aromatic carbocycles. The highest BCUT2D eigenvalue weighted by Gasteiger charge is 2.28. The summed E-state index contributed by atoms with van der Waals surface area (Å²) in [5, 5.41) is 10.3. The van der Waals surface area contributed by atoms with E-state index in [-0.39, 0.29) is 23.8 Å². The molecule has 0 radical (unpaired) electrons. The fourth-order valence-electron chi connectivity index (χ4n) is 3.16. The van der Waals surface area contributed by atoms with Gasteiger partial charge in [0.15, 0.2) is 0 Å². The highest BCUT2D eigenvalue weighted by Crippen LogP contribution is 2.22. The second-order valence-electron chi connectivity index (χ2n) is 7.20. The number of nitrogens with zero attached hydrogens (tertiary/aromatic N) is 1. The zero-order chi connectivity index (χ0) is 20.1. The van der Waals surface area contributed by atoms with Crippen LogP contribution < -0.4 is 0 Å². The van der Waals surface area contributed by atoms with Crippen LogP contribution in [0.3, 0.4) is 0 Å². The number of ether oxygens (including phenoxy) is 1. The van der Waals surface area contributed by atoms with E-state index in [4.69, 9.17) is 0 Å². The molecule has 2 unspecified atom stereocenters. The van der Waals surface area contributed by atoms with Crippen molar-refractivity contribution < 1.29 is 19.4 Å². The Kier molecular flexibility index (Phi) is 11.5. The van der Waals surface area contributed by atoms with Gasteiger partial charge in [0, 0.05) is 32.2 Å². The average Bonchev–Trinajstić information content (AvgIpc) is 3.02. The molecule has 5 heteroatoms. The van der Waals surface area contributed by atoms with Gasteiger partial charge in [-0.2, -0.15) is 0 Å². The van der Waals surface area contributed by atoms with Crippen LogP contribution in [0.4, 0.5) is 0 Å². The first-order valence-corrected chi connectivity index (χ1v) is 10.2. The lowest BCUT2D eigenvalue weighted by Crippen LogP contribution is -2.33. The minimum absolute atomic E-state index is 0.0798. The Bertz CT molecular complexity index is 546. The van der Waals surface area contributed by atoms with E-state index in [1.165, 1.54) is 7.11 Å². The van der Waals surface area contributed by atoms with Gasteiger partial charge in [-0.1, -0.05) is 38.8 Å². The largest absolute Gasteiger partial charge is 0.469 e. The number of unbranched alkanes of at least 4 members (excludes halogenated alkanes) is 3. The first-order chi connectivity index (χ1) is 13.0. The molecular formula is C22H35NO4. The number of hydrogen-bond donors (Lipinski definition) is 1. The van der Waals surface area contributed by atoms with E-state index in [1.807, 2.05) is 30.9 Å². The van der Waals surface area contributed by atoms with Crippen LogP contribution in [-0.4, -0.2) is 47.7 Å². The molecule has 1 aliphatic heterocycles. The summed E-state index contributed by atoms with van der Waals surface area (Å²) in [5.41, 5.74) is 0. The zero-order valence-electron chi connectivity index (χ0n) is 17.1. The molecule has 0 spiro atoms. The summed E-state index contributed by atoms with van der Waals surface area (Å²) in [7, 11) is 1.41. The molecule has 0 aliphatic carbocycles. The topological polar surface area (TPSA) is 66.8 Å². The van der Waals surface area contributed by atoms with E-state index >= 15 is 0 Å². The number of rotatable bonds is 11. The quantitative estimate of drug-likeness (QED) is 0.259. The molecule has 1 fully saturated rings. The molecule has 27 heavy (non-hydrogen) atoms. The molecule has 0 aromatic rings. The number of aliphatic hydroxyl groups is 1. The number of likely N-dealkylation sites (tertiary alicyclic amines) is 1. The van der Waals surface area contributed by atoms with Crippen molar-refractivity contribution in [1.29, 1.82) is 0 Å². The predicted molar refractivity (Wildman–Crippen MR) is 107 cm³/mol. The maximum absolute atomic E-state index is 12.1. The molecule has 0 saturated carbocycles. The van der Waals surface area contributed by atoms with Crippen LogP contribution in [-0.2, 0) is 14.3 Å². The van der Waals surface area contributed by atoms with Crippen molar-refractivity contribution in [2.45, 2.75) is 83.8 Å². The molecule has 5 nitrogen and oxygen atoms in total. The van der Waals surface area contributed by atoms with Gasteiger partial charge in [-0.25, -0.2) is 0 Å². The minimum Gasteiger partial charge on any atom is -0.469 e. The lowest BCUT2D eigenvalue weighted by molar-refractivity contribution is -0.140. The highest BCUT2D eigenvalue weighted by molar-refractivity contribution is 5.79. The number of hydrogen-bond acceptors (Lipinski definition) is 4. The summed E-state index contributed by atoms with van der Waals surface area (Å²) in [4.78, 5) is 25.1. The van der Waals surface area contributed by atoms with E-state index in [2.05, 4.69) is 16.6 Å². The van der Waals surface area contributed by atoms with E-state index in [1.54, 1.807) is 0 Å². The monoisotopic (exact) mass is 377 g/mol. The summed E-state index contributed by atoms with van der Waals surface area (Å²) in [5.74, 6) is 6.22. The van der Waals surface area contributed by atoms with Crippen molar-refractivity contribution in [3.63, 3.8) is 0 Å². The fourth-order valence-corrected chi connectivity index (χ4v) is 3.16. The third kappa shape index (κ3) is 9.10. The Morgan fingerprint density at radius 3 is 2.78 bits per heavy atom. The van der Waals surface area contributed by atoms with Gasteiger partial charge in [0.05, 0.1) is 19.3 Å². The number of aliphatic hydroxyl groups excluding tert-OH is 1. The second kappa shape index (κ2) is 13.4. The number of carbonyl (C=O) groups is 2. The first kappa shape index (κ1) is 23.2. The molecule has 152 valence electrons. The highest BCUT2D eigenvalue weighted by atomic mass is 16.5.